The Balaban J connectivity index is 1.84. The molecule has 1 N–H and O–H groups in total. The summed E-state index contributed by atoms with van der Waals surface area (Å²) in [6.07, 6.45) is 4.10. The quantitative estimate of drug-likeness (QED) is 0.857. The number of nitrogens with zero attached hydrogens (tertiary/aromatic N) is 1. The van der Waals surface area contributed by atoms with Crippen LogP contribution >= 0.6 is 0 Å². The minimum absolute atomic E-state index is 0.373. The van der Waals surface area contributed by atoms with E-state index in [1.807, 2.05) is 0 Å². The third kappa shape index (κ3) is 2.91. The molecular formula is C16H22N2. The second-order valence-corrected chi connectivity index (χ2v) is 5.36. The standard InChI is InChI=1S/C16H22N2/c1-3-14(8-9-17)18-15-10-13(11-15)16-7-5-4-6-12(16)2/h4-7,13-15,18H,3,8,10-11H2,1-2H3. The summed E-state index contributed by atoms with van der Waals surface area (Å²) >= 11 is 0. The third-order valence-electron chi connectivity index (χ3n) is 4.07. The summed E-state index contributed by atoms with van der Waals surface area (Å²) in [5, 5.41) is 12.3. The Hall–Kier alpha value is -1.33. The molecule has 0 bridgehead atoms. The fraction of sp³-hybridized carbons (Fsp3) is 0.562. The Bertz CT molecular complexity index is 427. The number of benzene rings is 1. The maximum atomic E-state index is 8.75. The molecule has 18 heavy (non-hydrogen) atoms. The Morgan fingerprint density at radius 1 is 1.39 bits per heavy atom. The van der Waals surface area contributed by atoms with Gasteiger partial charge in [-0.3, -0.25) is 0 Å². The van der Waals surface area contributed by atoms with Gasteiger partial charge in [0, 0.05) is 12.1 Å². The summed E-state index contributed by atoms with van der Waals surface area (Å²) in [5.41, 5.74) is 2.91. The Labute approximate surface area is 110 Å². The van der Waals surface area contributed by atoms with Crippen molar-refractivity contribution in [3.05, 3.63) is 35.4 Å². The van der Waals surface area contributed by atoms with E-state index in [1.54, 1.807) is 0 Å². The minimum Gasteiger partial charge on any atom is -0.310 e. The van der Waals surface area contributed by atoms with Crippen LogP contribution in [0, 0.1) is 18.3 Å². The van der Waals surface area contributed by atoms with E-state index in [2.05, 4.69) is 49.5 Å². The highest BCUT2D eigenvalue weighted by atomic mass is 15.0. The predicted molar refractivity (Wildman–Crippen MR) is 74.4 cm³/mol. The van der Waals surface area contributed by atoms with E-state index in [9.17, 15) is 0 Å². The van der Waals surface area contributed by atoms with Gasteiger partial charge in [0.05, 0.1) is 12.5 Å². The maximum Gasteiger partial charge on any atom is 0.0638 e. The molecule has 2 nitrogen and oxygen atoms in total. The van der Waals surface area contributed by atoms with E-state index >= 15 is 0 Å². The van der Waals surface area contributed by atoms with Gasteiger partial charge < -0.3 is 5.32 Å². The van der Waals surface area contributed by atoms with Crippen LogP contribution < -0.4 is 5.32 Å². The molecule has 0 heterocycles. The predicted octanol–water partition coefficient (Wildman–Crippen LogP) is 3.52. The van der Waals surface area contributed by atoms with Crippen molar-refractivity contribution in [1.82, 2.24) is 5.32 Å². The molecule has 1 aromatic carbocycles. The van der Waals surface area contributed by atoms with Crippen molar-refractivity contribution in [2.45, 2.75) is 57.5 Å². The van der Waals surface area contributed by atoms with Crippen molar-refractivity contribution in [1.29, 1.82) is 5.26 Å². The van der Waals surface area contributed by atoms with E-state index in [0.29, 0.717) is 24.4 Å². The van der Waals surface area contributed by atoms with E-state index in [0.717, 1.165) is 6.42 Å². The molecule has 0 spiro atoms. The van der Waals surface area contributed by atoms with Crippen molar-refractivity contribution < 1.29 is 0 Å². The van der Waals surface area contributed by atoms with Gasteiger partial charge in [0.1, 0.15) is 0 Å². The number of rotatable bonds is 5. The molecule has 1 aliphatic carbocycles. The third-order valence-corrected chi connectivity index (χ3v) is 4.07. The van der Waals surface area contributed by atoms with Crippen LogP contribution in [-0.2, 0) is 0 Å². The molecular weight excluding hydrogens is 220 g/mol. The fourth-order valence-corrected chi connectivity index (χ4v) is 2.82. The zero-order valence-corrected chi connectivity index (χ0v) is 11.3. The topological polar surface area (TPSA) is 35.8 Å². The highest BCUT2D eigenvalue weighted by molar-refractivity contribution is 5.31. The zero-order valence-electron chi connectivity index (χ0n) is 11.3. The Morgan fingerprint density at radius 2 is 2.11 bits per heavy atom. The van der Waals surface area contributed by atoms with Crippen LogP contribution in [-0.4, -0.2) is 12.1 Å². The monoisotopic (exact) mass is 242 g/mol. The molecule has 0 saturated heterocycles. The number of hydrogen-bond acceptors (Lipinski definition) is 2. The van der Waals surface area contributed by atoms with Gasteiger partial charge >= 0.3 is 0 Å². The van der Waals surface area contributed by atoms with Crippen LogP contribution in [0.15, 0.2) is 24.3 Å². The van der Waals surface area contributed by atoms with Gasteiger partial charge in [0.25, 0.3) is 0 Å². The zero-order chi connectivity index (χ0) is 13.0. The molecule has 1 fully saturated rings. The SMILES string of the molecule is CCC(CC#N)NC1CC(c2ccccc2C)C1. The van der Waals surface area contributed by atoms with Crippen molar-refractivity contribution in [2.24, 2.45) is 0 Å². The maximum absolute atomic E-state index is 8.75. The first-order valence-electron chi connectivity index (χ1n) is 6.93. The first-order chi connectivity index (χ1) is 8.74. The van der Waals surface area contributed by atoms with Crippen molar-refractivity contribution in [3.63, 3.8) is 0 Å². The van der Waals surface area contributed by atoms with Gasteiger partial charge in [-0.25, -0.2) is 0 Å². The van der Waals surface area contributed by atoms with E-state index in [1.165, 1.54) is 24.0 Å². The molecule has 0 amide bonds. The smallest absolute Gasteiger partial charge is 0.0638 e. The largest absolute Gasteiger partial charge is 0.310 e. The van der Waals surface area contributed by atoms with Gasteiger partial charge in [-0.15, -0.1) is 0 Å². The van der Waals surface area contributed by atoms with Crippen LogP contribution in [0.3, 0.4) is 0 Å². The van der Waals surface area contributed by atoms with Crippen LogP contribution in [0.1, 0.15) is 49.7 Å². The highest BCUT2D eigenvalue weighted by Crippen LogP contribution is 2.38. The molecule has 2 heteroatoms. The van der Waals surface area contributed by atoms with Crippen LogP contribution in [0.4, 0.5) is 0 Å². The number of nitriles is 1. The number of hydrogen-bond donors (Lipinski definition) is 1. The average molecular weight is 242 g/mol. The van der Waals surface area contributed by atoms with Gasteiger partial charge in [0.15, 0.2) is 0 Å². The van der Waals surface area contributed by atoms with Crippen LogP contribution in [0.5, 0.6) is 0 Å². The van der Waals surface area contributed by atoms with Crippen molar-refractivity contribution in [3.8, 4) is 6.07 Å². The highest BCUT2D eigenvalue weighted by Gasteiger charge is 2.31. The fourth-order valence-electron chi connectivity index (χ4n) is 2.82. The lowest BCUT2D eigenvalue weighted by atomic mass is 9.74. The Kier molecular flexibility index (Phi) is 4.38. The number of aryl methyl sites for hydroxylation is 1. The summed E-state index contributed by atoms with van der Waals surface area (Å²) in [6, 6.07) is 11.9. The Morgan fingerprint density at radius 3 is 2.72 bits per heavy atom. The molecule has 2 rings (SSSR count). The molecule has 96 valence electrons. The van der Waals surface area contributed by atoms with Crippen LogP contribution in [0.25, 0.3) is 0 Å². The van der Waals surface area contributed by atoms with Gasteiger partial charge in [0.2, 0.25) is 0 Å². The summed E-state index contributed by atoms with van der Waals surface area (Å²) < 4.78 is 0. The molecule has 1 aliphatic rings. The second kappa shape index (κ2) is 6.02. The molecule has 0 aliphatic heterocycles. The van der Waals surface area contributed by atoms with E-state index in [4.69, 9.17) is 5.26 Å². The molecule has 0 aromatic heterocycles. The average Bonchev–Trinajstić information content (AvgIpc) is 2.33. The van der Waals surface area contributed by atoms with Gasteiger partial charge in [-0.05, 0) is 43.2 Å². The first-order valence-corrected chi connectivity index (χ1v) is 6.93. The molecule has 1 aromatic rings. The molecule has 1 saturated carbocycles. The molecule has 0 radical (unpaired) electrons. The lowest BCUT2D eigenvalue weighted by molar-refractivity contribution is 0.262. The van der Waals surface area contributed by atoms with Gasteiger partial charge in [-0.2, -0.15) is 5.26 Å². The van der Waals surface area contributed by atoms with Gasteiger partial charge in [-0.1, -0.05) is 31.2 Å². The van der Waals surface area contributed by atoms with Crippen LogP contribution in [0.2, 0.25) is 0 Å². The summed E-state index contributed by atoms with van der Waals surface area (Å²) in [4.78, 5) is 0. The van der Waals surface area contributed by atoms with Crippen molar-refractivity contribution in [2.75, 3.05) is 0 Å². The molecule has 1 unspecified atom stereocenters. The lowest BCUT2D eigenvalue weighted by Crippen LogP contribution is -2.45. The number of nitrogens with one attached hydrogen (secondary N) is 1. The lowest BCUT2D eigenvalue weighted by Gasteiger charge is -2.39. The normalized spacial score (nSPS) is 24.1. The van der Waals surface area contributed by atoms with E-state index < -0.39 is 0 Å². The first kappa shape index (κ1) is 13.1. The van der Waals surface area contributed by atoms with Crippen molar-refractivity contribution >= 4 is 0 Å². The summed E-state index contributed by atoms with van der Waals surface area (Å²) in [6.45, 7) is 4.34. The second-order valence-electron chi connectivity index (χ2n) is 5.36. The minimum atomic E-state index is 0.373. The summed E-state index contributed by atoms with van der Waals surface area (Å²) in [7, 11) is 0. The summed E-state index contributed by atoms with van der Waals surface area (Å²) in [5.74, 6) is 0.711. The molecule has 1 atom stereocenters. The van der Waals surface area contributed by atoms with E-state index in [-0.39, 0.29) is 0 Å².